The highest BCUT2D eigenvalue weighted by molar-refractivity contribution is 6.30. The maximum atomic E-state index is 5.96. The molecule has 70 valence electrons. The molecule has 0 aromatic heterocycles. The molecule has 0 bridgehead atoms. The van der Waals surface area contributed by atoms with Gasteiger partial charge in [-0.2, -0.15) is 0 Å². The van der Waals surface area contributed by atoms with Crippen molar-refractivity contribution in [2.75, 3.05) is 5.32 Å². The summed E-state index contributed by atoms with van der Waals surface area (Å²) in [4.78, 5) is 0. The van der Waals surface area contributed by atoms with E-state index in [-0.39, 0.29) is 6.04 Å². The molecule has 1 atom stereocenters. The Balaban J connectivity index is 2.60. The van der Waals surface area contributed by atoms with Crippen molar-refractivity contribution in [1.82, 2.24) is 0 Å². The van der Waals surface area contributed by atoms with E-state index in [2.05, 4.69) is 5.32 Å². The standard InChI is InChI=1S/C11H14ClN/c1-3-11(12)9(2)13-10-7-5-4-6-8-10/h3-9,13H,1-2H3/b11-3+. The Morgan fingerprint density at radius 2 is 2.00 bits per heavy atom. The molecule has 0 heterocycles. The number of hydrogen-bond donors (Lipinski definition) is 1. The van der Waals surface area contributed by atoms with Crippen LogP contribution < -0.4 is 5.32 Å². The van der Waals surface area contributed by atoms with E-state index in [0.717, 1.165) is 10.7 Å². The third-order valence-corrected chi connectivity index (χ3v) is 2.39. The number of rotatable bonds is 3. The fourth-order valence-electron chi connectivity index (χ4n) is 1.10. The van der Waals surface area contributed by atoms with Crippen LogP contribution in [0.1, 0.15) is 13.8 Å². The number of hydrogen-bond acceptors (Lipinski definition) is 1. The van der Waals surface area contributed by atoms with Gasteiger partial charge in [-0.25, -0.2) is 0 Å². The van der Waals surface area contributed by atoms with Crippen LogP contribution in [0.5, 0.6) is 0 Å². The topological polar surface area (TPSA) is 12.0 Å². The van der Waals surface area contributed by atoms with Crippen LogP contribution >= 0.6 is 11.6 Å². The molecule has 1 aromatic rings. The zero-order valence-corrected chi connectivity index (χ0v) is 8.68. The second-order valence-electron chi connectivity index (χ2n) is 2.91. The van der Waals surface area contributed by atoms with Gasteiger partial charge < -0.3 is 5.32 Å². The lowest BCUT2D eigenvalue weighted by Crippen LogP contribution is -2.14. The normalized spacial score (nSPS) is 13.9. The molecular weight excluding hydrogens is 182 g/mol. The van der Waals surface area contributed by atoms with Crippen LogP contribution in [-0.4, -0.2) is 6.04 Å². The van der Waals surface area contributed by atoms with E-state index < -0.39 is 0 Å². The van der Waals surface area contributed by atoms with Crippen molar-refractivity contribution in [3.63, 3.8) is 0 Å². The zero-order valence-electron chi connectivity index (χ0n) is 7.92. The van der Waals surface area contributed by atoms with Crippen molar-refractivity contribution in [2.24, 2.45) is 0 Å². The van der Waals surface area contributed by atoms with Crippen LogP contribution in [0, 0.1) is 0 Å². The summed E-state index contributed by atoms with van der Waals surface area (Å²) < 4.78 is 0. The first kappa shape index (κ1) is 10.1. The average molecular weight is 196 g/mol. The van der Waals surface area contributed by atoms with Crippen molar-refractivity contribution in [2.45, 2.75) is 19.9 Å². The Morgan fingerprint density at radius 3 is 2.54 bits per heavy atom. The van der Waals surface area contributed by atoms with Gasteiger partial charge in [0.25, 0.3) is 0 Å². The number of para-hydroxylation sites is 1. The number of halogens is 1. The van der Waals surface area contributed by atoms with Gasteiger partial charge in [-0.15, -0.1) is 0 Å². The molecule has 1 N–H and O–H groups in total. The summed E-state index contributed by atoms with van der Waals surface area (Å²) in [5.41, 5.74) is 1.09. The first-order valence-corrected chi connectivity index (χ1v) is 4.75. The maximum Gasteiger partial charge on any atom is 0.0588 e. The molecule has 1 rings (SSSR count). The lowest BCUT2D eigenvalue weighted by atomic mass is 10.2. The molecule has 0 aliphatic rings. The van der Waals surface area contributed by atoms with Crippen molar-refractivity contribution < 1.29 is 0 Å². The van der Waals surface area contributed by atoms with Crippen molar-refractivity contribution in [3.05, 3.63) is 41.4 Å². The second kappa shape index (κ2) is 4.93. The van der Waals surface area contributed by atoms with E-state index in [1.807, 2.05) is 50.3 Å². The molecule has 0 aliphatic heterocycles. The highest BCUT2D eigenvalue weighted by atomic mass is 35.5. The Morgan fingerprint density at radius 1 is 1.38 bits per heavy atom. The van der Waals surface area contributed by atoms with E-state index >= 15 is 0 Å². The van der Waals surface area contributed by atoms with Crippen molar-refractivity contribution >= 4 is 17.3 Å². The van der Waals surface area contributed by atoms with Gasteiger partial charge in [0.05, 0.1) is 6.04 Å². The zero-order chi connectivity index (χ0) is 9.68. The number of benzene rings is 1. The summed E-state index contributed by atoms with van der Waals surface area (Å²) in [7, 11) is 0. The van der Waals surface area contributed by atoms with Crippen LogP contribution in [0.3, 0.4) is 0 Å². The van der Waals surface area contributed by atoms with Gasteiger partial charge >= 0.3 is 0 Å². The predicted molar refractivity (Wildman–Crippen MR) is 59.1 cm³/mol. The molecule has 2 heteroatoms. The summed E-state index contributed by atoms with van der Waals surface area (Å²) in [6.45, 7) is 3.97. The van der Waals surface area contributed by atoms with Crippen molar-refractivity contribution in [3.8, 4) is 0 Å². The van der Waals surface area contributed by atoms with Gasteiger partial charge in [-0.05, 0) is 26.0 Å². The van der Waals surface area contributed by atoms with Crippen LogP contribution in [-0.2, 0) is 0 Å². The number of anilines is 1. The summed E-state index contributed by atoms with van der Waals surface area (Å²) in [5, 5.41) is 4.13. The third kappa shape index (κ3) is 3.11. The monoisotopic (exact) mass is 195 g/mol. The fraction of sp³-hybridized carbons (Fsp3) is 0.273. The molecule has 0 saturated heterocycles. The molecule has 0 aliphatic carbocycles. The Kier molecular flexibility index (Phi) is 3.84. The molecule has 1 nitrogen and oxygen atoms in total. The number of nitrogens with one attached hydrogen (secondary N) is 1. The predicted octanol–water partition coefficient (Wildman–Crippen LogP) is 3.63. The Labute approximate surface area is 84.4 Å². The van der Waals surface area contributed by atoms with Gasteiger partial charge in [-0.1, -0.05) is 35.9 Å². The molecule has 0 saturated carbocycles. The van der Waals surface area contributed by atoms with Crippen LogP contribution in [0.15, 0.2) is 41.4 Å². The highest BCUT2D eigenvalue weighted by Gasteiger charge is 2.03. The van der Waals surface area contributed by atoms with Gasteiger partial charge in [0.1, 0.15) is 0 Å². The lowest BCUT2D eigenvalue weighted by Gasteiger charge is -2.13. The van der Waals surface area contributed by atoms with Gasteiger partial charge in [-0.3, -0.25) is 0 Å². The summed E-state index contributed by atoms with van der Waals surface area (Å²) in [5.74, 6) is 0. The van der Waals surface area contributed by atoms with Gasteiger partial charge in [0.15, 0.2) is 0 Å². The summed E-state index contributed by atoms with van der Waals surface area (Å²) in [6, 6.07) is 10.2. The van der Waals surface area contributed by atoms with Gasteiger partial charge in [0, 0.05) is 10.7 Å². The first-order valence-electron chi connectivity index (χ1n) is 4.37. The van der Waals surface area contributed by atoms with Crippen molar-refractivity contribution in [1.29, 1.82) is 0 Å². The molecule has 1 aromatic carbocycles. The Hall–Kier alpha value is -0.950. The lowest BCUT2D eigenvalue weighted by molar-refractivity contribution is 0.975. The third-order valence-electron chi connectivity index (χ3n) is 1.85. The van der Waals surface area contributed by atoms with E-state index in [1.54, 1.807) is 0 Å². The summed E-state index contributed by atoms with van der Waals surface area (Å²) in [6.07, 6.45) is 1.90. The largest absolute Gasteiger partial charge is 0.378 e. The quantitative estimate of drug-likeness (QED) is 0.777. The van der Waals surface area contributed by atoms with Crippen LogP contribution in [0.2, 0.25) is 0 Å². The Bertz CT molecular complexity index is 279. The van der Waals surface area contributed by atoms with E-state index in [4.69, 9.17) is 11.6 Å². The smallest absolute Gasteiger partial charge is 0.0588 e. The van der Waals surface area contributed by atoms with Crippen LogP contribution in [0.25, 0.3) is 0 Å². The molecule has 1 unspecified atom stereocenters. The first-order chi connectivity index (χ1) is 6.24. The van der Waals surface area contributed by atoms with E-state index in [0.29, 0.717) is 0 Å². The number of allylic oxidation sites excluding steroid dienone is 1. The SMILES string of the molecule is C/C=C(/Cl)C(C)Nc1ccccc1. The molecule has 0 radical (unpaired) electrons. The van der Waals surface area contributed by atoms with E-state index in [9.17, 15) is 0 Å². The van der Waals surface area contributed by atoms with Crippen LogP contribution in [0.4, 0.5) is 5.69 Å². The maximum absolute atomic E-state index is 5.96. The molecular formula is C11H14ClN. The van der Waals surface area contributed by atoms with E-state index in [1.165, 1.54) is 0 Å². The van der Waals surface area contributed by atoms with Gasteiger partial charge in [0.2, 0.25) is 0 Å². The molecule has 0 spiro atoms. The highest BCUT2D eigenvalue weighted by Crippen LogP contribution is 2.14. The molecule has 0 fully saturated rings. The minimum absolute atomic E-state index is 0.175. The summed E-state index contributed by atoms with van der Waals surface area (Å²) >= 11 is 5.96. The fourth-order valence-corrected chi connectivity index (χ4v) is 1.16. The minimum atomic E-state index is 0.175. The minimum Gasteiger partial charge on any atom is -0.378 e. The molecule has 0 amide bonds. The average Bonchev–Trinajstić information content (AvgIpc) is 2.18. The molecule has 13 heavy (non-hydrogen) atoms. The second-order valence-corrected chi connectivity index (χ2v) is 3.34.